The van der Waals surface area contributed by atoms with E-state index in [9.17, 15) is 0 Å². The molecule has 0 aliphatic rings. The van der Waals surface area contributed by atoms with Crippen molar-refractivity contribution >= 4 is 28.1 Å². The third kappa shape index (κ3) is 2.01. The van der Waals surface area contributed by atoms with E-state index in [0.29, 0.717) is 0 Å². The van der Waals surface area contributed by atoms with Crippen LogP contribution in [0.15, 0.2) is 34.5 Å². The number of aromatic nitrogens is 2. The molecule has 2 heterocycles. The Morgan fingerprint density at radius 3 is 3.12 bits per heavy atom. The maximum absolute atomic E-state index is 5.26. The van der Waals surface area contributed by atoms with Crippen molar-refractivity contribution in [1.29, 1.82) is 0 Å². The molecular weight excluding hydrogens is 234 g/mol. The summed E-state index contributed by atoms with van der Waals surface area (Å²) in [6.45, 7) is 2.81. The molecule has 0 radical (unpaired) electrons. The first kappa shape index (κ1) is 10.3. The van der Waals surface area contributed by atoms with Gasteiger partial charge >= 0.3 is 0 Å². The number of rotatable bonds is 3. The van der Waals surface area contributed by atoms with Crippen LogP contribution in [0.1, 0.15) is 10.6 Å². The van der Waals surface area contributed by atoms with Gasteiger partial charge in [-0.2, -0.15) is 0 Å². The summed E-state index contributed by atoms with van der Waals surface area (Å²) in [4.78, 5) is 9.55. The van der Waals surface area contributed by atoms with Crippen molar-refractivity contribution in [2.24, 2.45) is 0 Å². The molecule has 0 saturated heterocycles. The van der Waals surface area contributed by atoms with Crippen LogP contribution in [0.4, 0.5) is 5.69 Å². The Morgan fingerprint density at radius 1 is 1.35 bits per heavy atom. The Kier molecular flexibility index (Phi) is 2.53. The number of nitrogens with one attached hydrogen (secondary N) is 1. The van der Waals surface area contributed by atoms with Gasteiger partial charge in [0.25, 0.3) is 0 Å². The smallest absolute Gasteiger partial charge is 0.181 e. The molecule has 0 spiro atoms. The molecule has 0 unspecified atom stereocenters. The zero-order valence-corrected chi connectivity index (χ0v) is 10.1. The molecule has 0 aliphatic heterocycles. The molecule has 1 aromatic carbocycles. The van der Waals surface area contributed by atoms with Crippen molar-refractivity contribution in [2.75, 3.05) is 5.32 Å². The van der Waals surface area contributed by atoms with E-state index in [4.69, 9.17) is 4.42 Å². The maximum Gasteiger partial charge on any atom is 0.181 e. The zero-order chi connectivity index (χ0) is 11.7. The average Bonchev–Trinajstić information content (AvgIpc) is 2.94. The number of fused-ring (bicyclic) bond motifs is 1. The molecule has 0 amide bonds. The van der Waals surface area contributed by atoms with Gasteiger partial charge < -0.3 is 9.73 Å². The summed E-state index contributed by atoms with van der Waals surface area (Å²) in [6, 6.07) is 5.90. The number of anilines is 1. The fraction of sp³-hybridized carbons (Fsp3) is 0.167. The predicted octanol–water partition coefficient (Wildman–Crippen LogP) is 3.20. The molecule has 0 bridgehead atoms. The monoisotopic (exact) mass is 245 g/mol. The van der Waals surface area contributed by atoms with Crippen LogP contribution in [0, 0.1) is 6.92 Å². The molecule has 86 valence electrons. The largest absolute Gasteiger partial charge is 0.443 e. The standard InChI is InChI=1S/C12H11N3OS/c1-8-12(17-7-15-8)5-13-9-2-3-10-11(4-9)16-6-14-10/h2-4,6-7,13H,5H2,1H3. The van der Waals surface area contributed by atoms with Crippen LogP contribution < -0.4 is 5.32 Å². The second-order valence-electron chi connectivity index (χ2n) is 3.75. The number of oxazole rings is 1. The SMILES string of the molecule is Cc1ncsc1CNc1ccc2ncoc2c1. The number of hydrogen-bond donors (Lipinski definition) is 1. The second kappa shape index (κ2) is 4.18. The first-order valence-electron chi connectivity index (χ1n) is 5.29. The summed E-state index contributed by atoms with van der Waals surface area (Å²) in [5.41, 5.74) is 5.66. The highest BCUT2D eigenvalue weighted by atomic mass is 32.1. The quantitative estimate of drug-likeness (QED) is 0.769. The molecule has 5 heteroatoms. The Labute approximate surface area is 102 Å². The minimum atomic E-state index is 0.788. The van der Waals surface area contributed by atoms with Gasteiger partial charge in [0.2, 0.25) is 0 Å². The van der Waals surface area contributed by atoms with Gasteiger partial charge in [-0.15, -0.1) is 11.3 Å². The Hall–Kier alpha value is -1.88. The van der Waals surface area contributed by atoms with E-state index in [0.717, 1.165) is 29.0 Å². The fourth-order valence-corrected chi connectivity index (χ4v) is 2.36. The van der Waals surface area contributed by atoms with E-state index < -0.39 is 0 Å². The minimum Gasteiger partial charge on any atom is -0.443 e. The van der Waals surface area contributed by atoms with Crippen LogP contribution >= 0.6 is 11.3 Å². The molecule has 1 N–H and O–H groups in total. The summed E-state index contributed by atoms with van der Waals surface area (Å²) in [6.07, 6.45) is 1.46. The van der Waals surface area contributed by atoms with Crippen LogP contribution in [-0.4, -0.2) is 9.97 Å². The summed E-state index contributed by atoms with van der Waals surface area (Å²) in [5, 5.41) is 3.35. The first-order valence-corrected chi connectivity index (χ1v) is 6.17. The van der Waals surface area contributed by atoms with E-state index in [1.54, 1.807) is 11.3 Å². The molecule has 0 fully saturated rings. The van der Waals surface area contributed by atoms with Gasteiger partial charge in [0.1, 0.15) is 5.52 Å². The van der Waals surface area contributed by atoms with E-state index in [1.807, 2.05) is 30.6 Å². The van der Waals surface area contributed by atoms with E-state index in [1.165, 1.54) is 11.3 Å². The molecule has 3 rings (SSSR count). The van der Waals surface area contributed by atoms with Gasteiger partial charge in [-0.25, -0.2) is 9.97 Å². The van der Waals surface area contributed by atoms with Crippen LogP contribution in [0.2, 0.25) is 0 Å². The van der Waals surface area contributed by atoms with E-state index in [2.05, 4.69) is 15.3 Å². The molecule has 0 atom stereocenters. The second-order valence-corrected chi connectivity index (χ2v) is 4.69. The third-order valence-electron chi connectivity index (χ3n) is 2.63. The number of thiazole rings is 1. The van der Waals surface area contributed by atoms with Gasteiger partial charge in [-0.05, 0) is 19.1 Å². The van der Waals surface area contributed by atoms with Gasteiger partial charge in [0.15, 0.2) is 12.0 Å². The van der Waals surface area contributed by atoms with Crippen molar-refractivity contribution in [1.82, 2.24) is 9.97 Å². The lowest BCUT2D eigenvalue weighted by molar-refractivity contribution is 0.602. The van der Waals surface area contributed by atoms with E-state index in [-0.39, 0.29) is 0 Å². The lowest BCUT2D eigenvalue weighted by Crippen LogP contribution is -1.98. The zero-order valence-electron chi connectivity index (χ0n) is 9.30. The number of hydrogen-bond acceptors (Lipinski definition) is 5. The number of benzene rings is 1. The topological polar surface area (TPSA) is 51.0 Å². The summed E-state index contributed by atoms with van der Waals surface area (Å²) >= 11 is 1.66. The Balaban J connectivity index is 1.78. The highest BCUT2D eigenvalue weighted by Crippen LogP contribution is 2.19. The molecule has 4 nitrogen and oxygen atoms in total. The van der Waals surface area contributed by atoms with Gasteiger partial charge in [-0.1, -0.05) is 0 Å². The van der Waals surface area contributed by atoms with E-state index >= 15 is 0 Å². The fourth-order valence-electron chi connectivity index (χ4n) is 1.64. The van der Waals surface area contributed by atoms with Crippen molar-refractivity contribution in [3.63, 3.8) is 0 Å². The van der Waals surface area contributed by atoms with Gasteiger partial charge in [-0.3, -0.25) is 0 Å². The Bertz CT molecular complexity index is 644. The van der Waals surface area contributed by atoms with Gasteiger partial charge in [0, 0.05) is 16.6 Å². The van der Waals surface area contributed by atoms with Crippen LogP contribution in [0.5, 0.6) is 0 Å². The molecule has 17 heavy (non-hydrogen) atoms. The van der Waals surface area contributed by atoms with Crippen molar-refractivity contribution in [3.05, 3.63) is 40.7 Å². The highest BCUT2D eigenvalue weighted by molar-refractivity contribution is 7.09. The van der Waals surface area contributed by atoms with Crippen LogP contribution in [0.25, 0.3) is 11.1 Å². The minimum absolute atomic E-state index is 0.788. The molecule has 0 aliphatic carbocycles. The van der Waals surface area contributed by atoms with Crippen LogP contribution in [0.3, 0.4) is 0 Å². The third-order valence-corrected chi connectivity index (χ3v) is 3.56. The number of aryl methyl sites for hydroxylation is 1. The normalized spacial score (nSPS) is 10.9. The summed E-state index contributed by atoms with van der Waals surface area (Å²) in [5.74, 6) is 0. The van der Waals surface area contributed by atoms with Gasteiger partial charge in [0.05, 0.1) is 17.7 Å². The van der Waals surface area contributed by atoms with Crippen molar-refractivity contribution in [2.45, 2.75) is 13.5 Å². The van der Waals surface area contributed by atoms with Crippen molar-refractivity contribution in [3.8, 4) is 0 Å². The predicted molar refractivity (Wildman–Crippen MR) is 68.2 cm³/mol. The lowest BCUT2D eigenvalue weighted by atomic mass is 10.3. The summed E-state index contributed by atoms with van der Waals surface area (Å²) in [7, 11) is 0. The molecular formula is C12H11N3OS. The first-order chi connectivity index (χ1) is 8.33. The summed E-state index contributed by atoms with van der Waals surface area (Å²) < 4.78 is 5.26. The van der Waals surface area contributed by atoms with Crippen molar-refractivity contribution < 1.29 is 4.42 Å². The molecule has 3 aromatic rings. The number of nitrogens with zero attached hydrogens (tertiary/aromatic N) is 2. The maximum atomic E-state index is 5.26. The Morgan fingerprint density at radius 2 is 2.29 bits per heavy atom. The molecule has 2 aromatic heterocycles. The lowest BCUT2D eigenvalue weighted by Gasteiger charge is -2.04. The van der Waals surface area contributed by atoms with Crippen LogP contribution in [-0.2, 0) is 6.54 Å². The molecule has 0 saturated carbocycles. The average molecular weight is 245 g/mol. The highest BCUT2D eigenvalue weighted by Gasteiger charge is 2.03.